The highest BCUT2D eigenvalue weighted by Crippen LogP contribution is 2.30. The normalized spacial score (nSPS) is 14.0. The number of fused-ring (bicyclic) bond motifs is 1. The Balaban J connectivity index is 1.38. The summed E-state index contributed by atoms with van der Waals surface area (Å²) in [5.41, 5.74) is 1.29. The van der Waals surface area contributed by atoms with E-state index in [1.54, 1.807) is 0 Å². The molecule has 0 radical (unpaired) electrons. The number of halogens is 3. The van der Waals surface area contributed by atoms with E-state index >= 15 is 0 Å². The lowest BCUT2D eigenvalue weighted by Gasteiger charge is -2.15. The molecule has 4 rings (SSSR count). The average Bonchev–Trinajstić information content (AvgIpc) is 3.42. The maximum absolute atomic E-state index is 12.6. The lowest BCUT2D eigenvalue weighted by atomic mass is 10.2. The van der Waals surface area contributed by atoms with Gasteiger partial charge in [0.15, 0.2) is 0 Å². The summed E-state index contributed by atoms with van der Waals surface area (Å²) in [7, 11) is 0. The number of ether oxygens (including phenoxy) is 1. The Kier molecular flexibility index (Phi) is 6.83. The first-order chi connectivity index (χ1) is 15.8. The minimum atomic E-state index is -4.76. The number of carbonyl (C=O) groups is 2. The number of likely N-dealkylation sites (tertiary alicyclic amines) is 1. The highest BCUT2D eigenvalue weighted by Gasteiger charge is 2.31. The van der Waals surface area contributed by atoms with Crippen molar-refractivity contribution in [3.05, 3.63) is 54.7 Å². The van der Waals surface area contributed by atoms with Crippen molar-refractivity contribution in [1.29, 1.82) is 0 Å². The van der Waals surface area contributed by atoms with Gasteiger partial charge in [0.05, 0.1) is 5.75 Å². The summed E-state index contributed by atoms with van der Waals surface area (Å²) in [4.78, 5) is 27.7. The number of para-hydroxylation sites is 1. The third kappa shape index (κ3) is 6.01. The van der Waals surface area contributed by atoms with Gasteiger partial charge in [-0.05, 0) is 43.2 Å². The number of aromatic nitrogens is 1. The minimum absolute atomic E-state index is 0.0838. The van der Waals surface area contributed by atoms with Crippen molar-refractivity contribution >= 4 is 40.2 Å². The summed E-state index contributed by atoms with van der Waals surface area (Å²) in [6, 6.07) is 12.7. The SMILES string of the molecule is O=C(CSc1cn(CC(=O)N2CCCC2)c2ccccc12)Nc1ccc(OC(F)(F)F)cc1. The van der Waals surface area contributed by atoms with Crippen molar-refractivity contribution in [2.24, 2.45) is 0 Å². The monoisotopic (exact) mass is 477 g/mol. The molecule has 0 atom stereocenters. The van der Waals surface area contributed by atoms with Crippen molar-refractivity contribution < 1.29 is 27.5 Å². The van der Waals surface area contributed by atoms with Crippen LogP contribution in [0.3, 0.4) is 0 Å². The third-order valence-electron chi connectivity index (χ3n) is 5.25. The molecule has 1 aliphatic rings. The molecule has 3 aromatic rings. The maximum Gasteiger partial charge on any atom is 0.573 e. The molecule has 2 amide bonds. The molecule has 0 unspecified atom stereocenters. The standard InChI is InChI=1S/C23H22F3N3O3S/c24-23(25,26)32-17-9-7-16(8-10-17)27-21(30)15-33-20-13-29(19-6-2-1-5-18(19)20)14-22(31)28-11-3-4-12-28/h1-2,5-10,13H,3-4,11-12,14-15H2,(H,27,30). The first-order valence-corrected chi connectivity index (χ1v) is 11.4. The van der Waals surface area contributed by atoms with Crippen LogP contribution in [0.25, 0.3) is 10.9 Å². The number of benzene rings is 2. The van der Waals surface area contributed by atoms with E-state index in [-0.39, 0.29) is 29.9 Å². The topological polar surface area (TPSA) is 63.6 Å². The van der Waals surface area contributed by atoms with E-state index in [4.69, 9.17) is 0 Å². The Hall–Kier alpha value is -3.14. The Morgan fingerprint density at radius 3 is 2.42 bits per heavy atom. The number of nitrogens with zero attached hydrogens (tertiary/aromatic N) is 2. The number of nitrogens with one attached hydrogen (secondary N) is 1. The summed E-state index contributed by atoms with van der Waals surface area (Å²) >= 11 is 1.34. The molecule has 10 heteroatoms. The Bertz CT molecular complexity index is 1140. The van der Waals surface area contributed by atoms with E-state index in [9.17, 15) is 22.8 Å². The molecule has 0 bridgehead atoms. The van der Waals surface area contributed by atoms with E-state index < -0.39 is 6.36 Å². The number of alkyl halides is 3. The van der Waals surface area contributed by atoms with Gasteiger partial charge in [-0.15, -0.1) is 24.9 Å². The van der Waals surface area contributed by atoms with E-state index in [1.165, 1.54) is 23.9 Å². The van der Waals surface area contributed by atoms with Gasteiger partial charge in [-0.25, -0.2) is 0 Å². The predicted molar refractivity (Wildman–Crippen MR) is 120 cm³/mol. The fourth-order valence-electron chi connectivity index (χ4n) is 3.75. The second-order valence-corrected chi connectivity index (χ2v) is 8.65. The van der Waals surface area contributed by atoms with Gasteiger partial charge in [0.2, 0.25) is 11.8 Å². The van der Waals surface area contributed by atoms with E-state index in [1.807, 2.05) is 39.9 Å². The lowest BCUT2D eigenvalue weighted by molar-refractivity contribution is -0.274. The molecule has 1 aromatic heterocycles. The highest BCUT2D eigenvalue weighted by atomic mass is 32.2. The molecule has 174 valence electrons. The molecule has 1 saturated heterocycles. The van der Waals surface area contributed by atoms with Crippen molar-refractivity contribution in [3.8, 4) is 5.75 Å². The van der Waals surface area contributed by atoms with Gasteiger partial charge in [-0.1, -0.05) is 18.2 Å². The third-order valence-corrected chi connectivity index (χ3v) is 6.29. The zero-order chi connectivity index (χ0) is 23.4. The molecule has 0 saturated carbocycles. The Morgan fingerprint density at radius 2 is 1.73 bits per heavy atom. The predicted octanol–water partition coefficient (Wildman–Crippen LogP) is 4.89. The molecule has 1 aliphatic heterocycles. The van der Waals surface area contributed by atoms with Crippen LogP contribution in [0.2, 0.25) is 0 Å². The zero-order valence-electron chi connectivity index (χ0n) is 17.6. The number of amides is 2. The summed E-state index contributed by atoms with van der Waals surface area (Å²) in [5.74, 6) is -0.462. The number of carbonyl (C=O) groups excluding carboxylic acids is 2. The van der Waals surface area contributed by atoms with Gasteiger partial charge in [0, 0.05) is 40.8 Å². The Labute approximate surface area is 192 Å². The van der Waals surface area contributed by atoms with Crippen LogP contribution in [0.1, 0.15) is 12.8 Å². The highest BCUT2D eigenvalue weighted by molar-refractivity contribution is 8.00. The van der Waals surface area contributed by atoms with Crippen LogP contribution >= 0.6 is 11.8 Å². The van der Waals surface area contributed by atoms with E-state index in [2.05, 4.69) is 10.1 Å². The number of hydrogen-bond donors (Lipinski definition) is 1. The molecule has 1 N–H and O–H groups in total. The lowest BCUT2D eigenvalue weighted by Crippen LogP contribution is -2.30. The van der Waals surface area contributed by atoms with Crippen LogP contribution in [0.5, 0.6) is 5.75 Å². The molecular weight excluding hydrogens is 455 g/mol. The van der Waals surface area contributed by atoms with Gasteiger partial charge >= 0.3 is 6.36 Å². The molecule has 0 spiro atoms. The number of rotatable bonds is 7. The second kappa shape index (κ2) is 9.78. The van der Waals surface area contributed by atoms with Crippen LogP contribution in [-0.2, 0) is 16.1 Å². The quantitative estimate of drug-likeness (QED) is 0.492. The van der Waals surface area contributed by atoms with Crippen LogP contribution in [-0.4, -0.2) is 46.5 Å². The minimum Gasteiger partial charge on any atom is -0.406 e. The summed E-state index contributed by atoms with van der Waals surface area (Å²) in [6.45, 7) is 1.84. The van der Waals surface area contributed by atoms with Gasteiger partial charge in [0.25, 0.3) is 0 Å². The van der Waals surface area contributed by atoms with Gasteiger partial charge in [-0.3, -0.25) is 9.59 Å². The number of thioether (sulfide) groups is 1. The fourth-order valence-corrected chi connectivity index (χ4v) is 4.64. The fraction of sp³-hybridized carbons (Fsp3) is 0.304. The van der Waals surface area contributed by atoms with Crippen LogP contribution < -0.4 is 10.1 Å². The first-order valence-electron chi connectivity index (χ1n) is 10.4. The van der Waals surface area contributed by atoms with Gasteiger partial charge in [0.1, 0.15) is 12.3 Å². The number of hydrogen-bond acceptors (Lipinski definition) is 4. The van der Waals surface area contributed by atoms with Crippen molar-refractivity contribution in [1.82, 2.24) is 9.47 Å². The molecule has 33 heavy (non-hydrogen) atoms. The molecule has 6 nitrogen and oxygen atoms in total. The summed E-state index contributed by atoms with van der Waals surface area (Å²) in [6.07, 6.45) is -0.807. The Morgan fingerprint density at radius 1 is 1.03 bits per heavy atom. The largest absolute Gasteiger partial charge is 0.573 e. The summed E-state index contributed by atoms with van der Waals surface area (Å²) < 4.78 is 42.5. The molecular formula is C23H22F3N3O3S. The molecule has 1 fully saturated rings. The van der Waals surface area contributed by atoms with Crippen LogP contribution in [0, 0.1) is 0 Å². The number of anilines is 1. The first kappa shape index (κ1) is 23.0. The maximum atomic E-state index is 12.6. The van der Waals surface area contributed by atoms with Crippen molar-refractivity contribution in [3.63, 3.8) is 0 Å². The van der Waals surface area contributed by atoms with E-state index in [0.717, 1.165) is 53.9 Å². The van der Waals surface area contributed by atoms with Crippen LogP contribution in [0.4, 0.5) is 18.9 Å². The molecule has 2 aromatic carbocycles. The van der Waals surface area contributed by atoms with Crippen molar-refractivity contribution in [2.75, 3.05) is 24.2 Å². The van der Waals surface area contributed by atoms with Crippen LogP contribution in [0.15, 0.2) is 59.6 Å². The van der Waals surface area contributed by atoms with Gasteiger partial charge in [-0.2, -0.15) is 0 Å². The van der Waals surface area contributed by atoms with Gasteiger partial charge < -0.3 is 19.5 Å². The average molecular weight is 478 g/mol. The second-order valence-electron chi connectivity index (χ2n) is 7.64. The molecule has 0 aliphatic carbocycles. The van der Waals surface area contributed by atoms with E-state index in [0.29, 0.717) is 5.69 Å². The summed E-state index contributed by atoms with van der Waals surface area (Å²) in [5, 5.41) is 3.62. The zero-order valence-corrected chi connectivity index (χ0v) is 18.4. The molecule has 2 heterocycles. The smallest absolute Gasteiger partial charge is 0.406 e. The van der Waals surface area contributed by atoms with Crippen molar-refractivity contribution in [2.45, 2.75) is 30.6 Å².